The highest BCUT2D eigenvalue weighted by Gasteiger charge is 2.08. The largest absolute Gasteiger partial charge is 0.496 e. The fourth-order valence-electron chi connectivity index (χ4n) is 3.18. The molecule has 0 saturated carbocycles. The fraction of sp³-hybridized carbons (Fsp3) is 0.318. The van der Waals surface area contributed by atoms with Crippen molar-refractivity contribution < 1.29 is 4.74 Å². The number of para-hydroxylation sites is 1. The van der Waals surface area contributed by atoms with Gasteiger partial charge in [-0.05, 0) is 35.7 Å². The number of hydrogen-bond donors (Lipinski definition) is 2. The molecule has 0 aliphatic carbocycles. The lowest BCUT2D eigenvalue weighted by atomic mass is 10.1. The van der Waals surface area contributed by atoms with E-state index in [2.05, 4.69) is 63.0 Å². The highest BCUT2D eigenvalue weighted by molar-refractivity contribution is 14.0. The summed E-state index contributed by atoms with van der Waals surface area (Å²) in [5.41, 5.74) is 3.69. The van der Waals surface area contributed by atoms with Crippen molar-refractivity contribution in [2.75, 3.05) is 38.7 Å². The van der Waals surface area contributed by atoms with E-state index in [1.165, 1.54) is 16.8 Å². The van der Waals surface area contributed by atoms with Gasteiger partial charge in [0.05, 0.1) is 7.11 Å². The highest BCUT2D eigenvalue weighted by Crippen LogP contribution is 2.19. The van der Waals surface area contributed by atoms with Crippen molar-refractivity contribution in [3.05, 3.63) is 71.8 Å². The van der Waals surface area contributed by atoms with Crippen LogP contribution in [0.15, 0.2) is 65.7 Å². The SMILES string of the molecule is CN=C(NCCc1ccccc1OC)NCc1cccc(N2CC=CC2)c1.I. The molecule has 2 N–H and O–H groups in total. The predicted octanol–water partition coefficient (Wildman–Crippen LogP) is 3.60. The number of aliphatic imine (C=N–C) groups is 1. The van der Waals surface area contributed by atoms with Gasteiger partial charge < -0.3 is 20.3 Å². The third kappa shape index (κ3) is 6.15. The van der Waals surface area contributed by atoms with E-state index in [-0.39, 0.29) is 24.0 Å². The molecule has 1 aliphatic heterocycles. The van der Waals surface area contributed by atoms with Gasteiger partial charge in [0.25, 0.3) is 0 Å². The standard InChI is InChI=1S/C22H28N4O.HI/c1-23-22(24-13-12-19-9-3-4-11-21(19)27-2)25-17-18-8-7-10-20(16-18)26-14-5-6-15-26;/h3-11,16H,12-15,17H2,1-2H3,(H2,23,24,25);1H. The molecular weight excluding hydrogens is 463 g/mol. The molecule has 1 aliphatic rings. The number of anilines is 1. The van der Waals surface area contributed by atoms with E-state index in [0.29, 0.717) is 0 Å². The van der Waals surface area contributed by atoms with Crippen LogP contribution in [-0.2, 0) is 13.0 Å². The number of nitrogens with zero attached hydrogens (tertiary/aromatic N) is 2. The first-order chi connectivity index (χ1) is 13.3. The molecule has 28 heavy (non-hydrogen) atoms. The van der Waals surface area contributed by atoms with Crippen LogP contribution >= 0.6 is 24.0 Å². The Morgan fingerprint density at radius 3 is 2.61 bits per heavy atom. The van der Waals surface area contributed by atoms with Crippen molar-refractivity contribution in [1.29, 1.82) is 0 Å². The molecule has 0 spiro atoms. The van der Waals surface area contributed by atoms with Crippen LogP contribution in [0, 0.1) is 0 Å². The number of nitrogens with one attached hydrogen (secondary N) is 2. The number of guanidine groups is 1. The molecular formula is C22H29IN4O. The maximum absolute atomic E-state index is 5.41. The number of hydrogen-bond acceptors (Lipinski definition) is 3. The molecule has 0 aromatic heterocycles. The predicted molar refractivity (Wildman–Crippen MR) is 128 cm³/mol. The Bertz CT molecular complexity index is 799. The quantitative estimate of drug-likeness (QED) is 0.269. The molecule has 2 aromatic carbocycles. The number of ether oxygens (including phenoxy) is 1. The van der Waals surface area contributed by atoms with Crippen molar-refractivity contribution >= 4 is 35.6 Å². The van der Waals surface area contributed by atoms with Gasteiger partial charge in [0, 0.05) is 38.9 Å². The Kier molecular flexibility index (Phi) is 9.13. The molecule has 0 radical (unpaired) electrons. The van der Waals surface area contributed by atoms with Crippen molar-refractivity contribution in [1.82, 2.24) is 10.6 Å². The van der Waals surface area contributed by atoms with Crippen LogP contribution in [0.1, 0.15) is 11.1 Å². The zero-order chi connectivity index (χ0) is 18.9. The van der Waals surface area contributed by atoms with E-state index in [1.807, 2.05) is 18.2 Å². The normalized spacial score (nSPS) is 13.2. The van der Waals surface area contributed by atoms with E-state index in [9.17, 15) is 0 Å². The molecule has 0 fully saturated rings. The molecule has 0 amide bonds. The second-order valence-electron chi connectivity index (χ2n) is 6.46. The zero-order valence-corrected chi connectivity index (χ0v) is 18.9. The summed E-state index contributed by atoms with van der Waals surface area (Å²) in [4.78, 5) is 6.67. The van der Waals surface area contributed by atoms with Gasteiger partial charge in [-0.25, -0.2) is 0 Å². The van der Waals surface area contributed by atoms with E-state index >= 15 is 0 Å². The third-order valence-electron chi connectivity index (χ3n) is 4.66. The number of rotatable bonds is 7. The monoisotopic (exact) mass is 492 g/mol. The van der Waals surface area contributed by atoms with Gasteiger partial charge in [-0.15, -0.1) is 24.0 Å². The maximum Gasteiger partial charge on any atom is 0.191 e. The van der Waals surface area contributed by atoms with E-state index in [4.69, 9.17) is 4.74 Å². The second kappa shape index (κ2) is 11.6. The smallest absolute Gasteiger partial charge is 0.191 e. The lowest BCUT2D eigenvalue weighted by Gasteiger charge is -2.19. The molecule has 5 nitrogen and oxygen atoms in total. The molecule has 1 heterocycles. The summed E-state index contributed by atoms with van der Waals surface area (Å²) in [6.45, 7) is 3.51. The van der Waals surface area contributed by atoms with E-state index in [1.54, 1.807) is 14.2 Å². The second-order valence-corrected chi connectivity index (χ2v) is 6.46. The Labute approximate surface area is 184 Å². The van der Waals surface area contributed by atoms with Gasteiger partial charge in [0.15, 0.2) is 5.96 Å². The topological polar surface area (TPSA) is 48.9 Å². The van der Waals surface area contributed by atoms with Crippen LogP contribution in [0.2, 0.25) is 0 Å². The van der Waals surface area contributed by atoms with E-state index < -0.39 is 0 Å². The van der Waals surface area contributed by atoms with Gasteiger partial charge in [-0.2, -0.15) is 0 Å². The summed E-state index contributed by atoms with van der Waals surface area (Å²) in [5.74, 6) is 1.73. The summed E-state index contributed by atoms with van der Waals surface area (Å²) in [6.07, 6.45) is 5.29. The minimum absolute atomic E-state index is 0. The molecule has 0 atom stereocenters. The first-order valence-electron chi connectivity index (χ1n) is 9.35. The number of halogens is 1. The summed E-state index contributed by atoms with van der Waals surface area (Å²) >= 11 is 0. The highest BCUT2D eigenvalue weighted by atomic mass is 127. The third-order valence-corrected chi connectivity index (χ3v) is 4.66. The Hall–Kier alpha value is -2.22. The molecule has 6 heteroatoms. The average molecular weight is 492 g/mol. The van der Waals surface area contributed by atoms with Crippen LogP contribution in [0.5, 0.6) is 5.75 Å². The molecule has 0 unspecified atom stereocenters. The van der Waals surface area contributed by atoms with Gasteiger partial charge in [0.2, 0.25) is 0 Å². The van der Waals surface area contributed by atoms with Crippen LogP contribution < -0.4 is 20.3 Å². The lowest BCUT2D eigenvalue weighted by Crippen LogP contribution is -2.37. The summed E-state index contributed by atoms with van der Waals surface area (Å²) in [5, 5.41) is 6.76. The van der Waals surface area contributed by atoms with Crippen LogP contribution in [0.4, 0.5) is 5.69 Å². The molecule has 150 valence electrons. The number of benzene rings is 2. The Morgan fingerprint density at radius 1 is 1.07 bits per heavy atom. The first kappa shape index (κ1) is 22.1. The molecule has 0 saturated heterocycles. The first-order valence-corrected chi connectivity index (χ1v) is 9.35. The molecule has 2 aromatic rings. The number of methoxy groups -OCH3 is 1. The minimum Gasteiger partial charge on any atom is -0.496 e. The van der Waals surface area contributed by atoms with E-state index in [0.717, 1.165) is 44.3 Å². The lowest BCUT2D eigenvalue weighted by molar-refractivity contribution is 0.409. The molecule has 3 rings (SSSR count). The fourth-order valence-corrected chi connectivity index (χ4v) is 3.18. The summed E-state index contributed by atoms with van der Waals surface area (Å²) in [7, 11) is 3.50. The van der Waals surface area contributed by atoms with Gasteiger partial charge in [0.1, 0.15) is 5.75 Å². The van der Waals surface area contributed by atoms with Gasteiger partial charge in [-0.3, -0.25) is 4.99 Å². The summed E-state index contributed by atoms with van der Waals surface area (Å²) < 4.78 is 5.41. The molecule has 0 bridgehead atoms. The van der Waals surface area contributed by atoms with Crippen LogP contribution in [0.25, 0.3) is 0 Å². The maximum atomic E-state index is 5.41. The minimum atomic E-state index is 0. The zero-order valence-electron chi connectivity index (χ0n) is 16.5. The van der Waals surface area contributed by atoms with Gasteiger partial charge >= 0.3 is 0 Å². The van der Waals surface area contributed by atoms with Crippen LogP contribution in [-0.4, -0.2) is 39.8 Å². The summed E-state index contributed by atoms with van der Waals surface area (Å²) in [6, 6.07) is 16.8. The van der Waals surface area contributed by atoms with Crippen molar-refractivity contribution in [3.63, 3.8) is 0 Å². The Morgan fingerprint density at radius 2 is 1.86 bits per heavy atom. The van der Waals surface area contributed by atoms with Crippen molar-refractivity contribution in [3.8, 4) is 5.75 Å². The average Bonchev–Trinajstić information content (AvgIpc) is 3.26. The van der Waals surface area contributed by atoms with Crippen molar-refractivity contribution in [2.24, 2.45) is 4.99 Å². The Balaban J connectivity index is 0.00000280. The van der Waals surface area contributed by atoms with Gasteiger partial charge in [-0.1, -0.05) is 42.5 Å². The van der Waals surface area contributed by atoms with Crippen LogP contribution in [0.3, 0.4) is 0 Å². The van der Waals surface area contributed by atoms with Crippen molar-refractivity contribution in [2.45, 2.75) is 13.0 Å².